The highest BCUT2D eigenvalue weighted by atomic mass is 35.5. The summed E-state index contributed by atoms with van der Waals surface area (Å²) < 4.78 is 40.2. The van der Waals surface area contributed by atoms with Crippen molar-refractivity contribution in [1.82, 2.24) is 26.4 Å². The molecule has 370 valence electrons. The van der Waals surface area contributed by atoms with Gasteiger partial charge in [0.05, 0.1) is 18.2 Å². The van der Waals surface area contributed by atoms with Crippen LogP contribution in [0.3, 0.4) is 0 Å². The molecule has 5 amide bonds. The van der Waals surface area contributed by atoms with Crippen molar-refractivity contribution in [2.45, 2.75) is 83.8 Å². The maximum atomic E-state index is 14.5. The molecule has 5 rings (SSSR count). The summed E-state index contributed by atoms with van der Waals surface area (Å²) in [4.78, 5) is 82.6. The van der Waals surface area contributed by atoms with Crippen LogP contribution in [0.4, 0.5) is 13.6 Å². The van der Waals surface area contributed by atoms with Gasteiger partial charge in [0, 0.05) is 12.4 Å². The van der Waals surface area contributed by atoms with Crippen molar-refractivity contribution < 1.29 is 47.0 Å². The van der Waals surface area contributed by atoms with E-state index in [4.69, 9.17) is 26.8 Å². The molecule has 6 N–H and O–H groups in total. The topological polar surface area (TPSA) is 198 Å². The largest absolute Gasteiger partial charge is 0.455 e. The number of alkyl carbamates (subject to hydrolysis) is 1. The lowest BCUT2D eigenvalue weighted by atomic mass is 9.96. The first-order chi connectivity index (χ1) is 33.5. The van der Waals surface area contributed by atoms with Crippen LogP contribution in [-0.2, 0) is 60.5 Å². The molecule has 5 aromatic rings. The van der Waals surface area contributed by atoms with Gasteiger partial charge in [-0.1, -0.05) is 125 Å². The Labute approximate surface area is 411 Å². The van der Waals surface area contributed by atoms with E-state index >= 15 is 0 Å². The number of hydrogen-bond acceptors (Lipinski definition) is 9. The Hall–Kier alpha value is -7.17. The van der Waals surface area contributed by atoms with E-state index in [1.54, 1.807) is 94.4 Å². The van der Waals surface area contributed by atoms with Gasteiger partial charge in [-0.3, -0.25) is 24.6 Å². The van der Waals surface area contributed by atoms with Crippen LogP contribution in [0.2, 0.25) is 0 Å². The molecule has 0 heterocycles. The molecule has 17 heteroatoms. The van der Waals surface area contributed by atoms with Gasteiger partial charge in [0.25, 0.3) is 5.91 Å². The van der Waals surface area contributed by atoms with Gasteiger partial charge in [-0.2, -0.15) is 0 Å². The lowest BCUT2D eigenvalue weighted by molar-refractivity contribution is -0.139. The maximum Gasteiger partial charge on any atom is 0.408 e. The van der Waals surface area contributed by atoms with Crippen LogP contribution in [0.15, 0.2) is 133 Å². The average Bonchev–Trinajstić information content (AvgIpc) is 3.34. The number of ether oxygens (including phenoxy) is 2. The van der Waals surface area contributed by atoms with E-state index in [0.717, 1.165) is 11.1 Å². The van der Waals surface area contributed by atoms with Crippen LogP contribution in [0.5, 0.6) is 0 Å². The molecule has 0 bridgehead atoms. The van der Waals surface area contributed by atoms with E-state index in [2.05, 4.69) is 21.4 Å². The number of amides is 5. The molecule has 0 radical (unpaired) electrons. The molecule has 5 atom stereocenters. The molecule has 0 saturated carbocycles. The van der Waals surface area contributed by atoms with Crippen molar-refractivity contribution in [1.29, 1.82) is 0 Å². The average molecular weight is 982 g/mol. The first-order valence-electron chi connectivity index (χ1n) is 22.8. The van der Waals surface area contributed by atoms with Gasteiger partial charge in [0.2, 0.25) is 17.7 Å². The van der Waals surface area contributed by atoms with Crippen LogP contribution in [0.25, 0.3) is 0 Å². The second kappa shape index (κ2) is 26.5. The number of halogens is 3. The number of benzene rings is 5. The fraction of sp³-hybridized carbons (Fsp3) is 0.321. The summed E-state index contributed by atoms with van der Waals surface area (Å²) in [6.07, 6.45) is -2.28. The lowest BCUT2D eigenvalue weighted by Gasteiger charge is -2.35. The third kappa shape index (κ3) is 16.8. The third-order valence-corrected chi connectivity index (χ3v) is 11.6. The van der Waals surface area contributed by atoms with Crippen LogP contribution in [0, 0.1) is 29.4 Å². The number of nitrogens with one attached hydrogen (secondary N) is 4. The number of alkyl halides is 1. The van der Waals surface area contributed by atoms with Gasteiger partial charge in [-0.25, -0.2) is 23.4 Å². The third-order valence-electron chi connectivity index (χ3n) is 11.3. The second-order valence-electron chi connectivity index (χ2n) is 17.5. The zero-order valence-corrected chi connectivity index (χ0v) is 40.2. The van der Waals surface area contributed by atoms with E-state index in [1.807, 2.05) is 6.07 Å². The van der Waals surface area contributed by atoms with Gasteiger partial charge in [0.1, 0.15) is 42.3 Å². The molecule has 0 aliphatic heterocycles. The lowest BCUT2D eigenvalue weighted by Crippen LogP contribution is -2.60. The van der Waals surface area contributed by atoms with E-state index in [0.29, 0.717) is 16.7 Å². The van der Waals surface area contributed by atoms with Crippen molar-refractivity contribution >= 4 is 47.3 Å². The van der Waals surface area contributed by atoms with Gasteiger partial charge < -0.3 is 31.2 Å². The first-order valence-corrected chi connectivity index (χ1v) is 23.3. The first kappa shape index (κ1) is 53.8. The predicted molar refractivity (Wildman–Crippen MR) is 260 cm³/mol. The molecule has 2 unspecified atom stereocenters. The number of nitrogens with zero attached hydrogens (tertiary/aromatic N) is 1. The molecule has 70 heavy (non-hydrogen) atoms. The number of rotatable bonds is 24. The zero-order chi connectivity index (χ0) is 50.7. The fourth-order valence-corrected chi connectivity index (χ4v) is 7.57. The number of carbonyl (C=O) groups excluding carboxylic acids is 6. The second-order valence-corrected chi connectivity index (χ2v) is 17.8. The summed E-state index contributed by atoms with van der Waals surface area (Å²) in [6, 6.07) is 31.5. The van der Waals surface area contributed by atoms with Crippen molar-refractivity contribution in [3.05, 3.63) is 178 Å². The summed E-state index contributed by atoms with van der Waals surface area (Å²) in [5.74, 6) is -7.10. The minimum Gasteiger partial charge on any atom is -0.455 e. The number of nitrogens with two attached hydrogens (primary N) is 1. The number of esters is 1. The summed E-state index contributed by atoms with van der Waals surface area (Å²) in [6.45, 7) is 6.28. The van der Waals surface area contributed by atoms with Crippen molar-refractivity contribution in [3.8, 4) is 0 Å². The number of carbonyl (C=O) groups is 6. The minimum atomic E-state index is -1.34. The summed E-state index contributed by atoms with van der Waals surface area (Å²) in [5.41, 5.74) is 11.8. The highest BCUT2D eigenvalue weighted by molar-refractivity contribution is 6.17. The minimum absolute atomic E-state index is 0.0179. The normalized spacial score (nSPS) is 13.3. The van der Waals surface area contributed by atoms with Crippen molar-refractivity contribution in [2.24, 2.45) is 23.5 Å². The SMILES string of the molecule is CC(C)[C@H](NC(=O)OCc1ccccc1)C(=O)NC(Cc1ccc(F)cc1)C(CN(Cc1ccc(F)cc1)NC(=O)[C@@H](NC(=O)[C@@H](Cc1ccccc1)C(N)=O)C(C)C)OC(=O)c1ccc(CCl)cc1. The maximum absolute atomic E-state index is 14.5. The molecule has 0 aliphatic rings. The predicted octanol–water partition coefficient (Wildman–Crippen LogP) is 6.93. The molecule has 0 spiro atoms. The molecule has 0 aliphatic carbocycles. The van der Waals surface area contributed by atoms with Crippen molar-refractivity contribution in [3.63, 3.8) is 0 Å². The van der Waals surface area contributed by atoms with Crippen LogP contribution >= 0.6 is 11.6 Å². The smallest absolute Gasteiger partial charge is 0.408 e. The highest BCUT2D eigenvalue weighted by Gasteiger charge is 2.36. The van der Waals surface area contributed by atoms with Crippen LogP contribution < -0.4 is 27.1 Å². The molecule has 14 nitrogen and oxygen atoms in total. The van der Waals surface area contributed by atoms with E-state index in [9.17, 15) is 37.5 Å². The number of hydrazine groups is 1. The Kier molecular flexibility index (Phi) is 20.4. The zero-order valence-electron chi connectivity index (χ0n) is 39.4. The van der Waals surface area contributed by atoms with Gasteiger partial charge >= 0.3 is 12.1 Å². The Morgan fingerprint density at radius 3 is 1.66 bits per heavy atom. The molecule has 0 saturated heterocycles. The molecular weight excluding hydrogens is 922 g/mol. The summed E-state index contributed by atoms with van der Waals surface area (Å²) >= 11 is 6.03. The Morgan fingerprint density at radius 2 is 1.11 bits per heavy atom. The van der Waals surface area contributed by atoms with Gasteiger partial charge in [-0.05, 0) is 88.9 Å². The van der Waals surface area contributed by atoms with Gasteiger partial charge in [0.15, 0.2) is 0 Å². The highest BCUT2D eigenvalue weighted by Crippen LogP contribution is 2.19. The van der Waals surface area contributed by atoms with Crippen LogP contribution in [0.1, 0.15) is 65.9 Å². The van der Waals surface area contributed by atoms with E-state index < -0.39 is 89.3 Å². The Balaban J connectivity index is 1.52. The Morgan fingerprint density at radius 1 is 0.600 bits per heavy atom. The molecular formula is C53H59ClF2N6O8. The number of primary amides is 1. The van der Waals surface area contributed by atoms with Gasteiger partial charge in [-0.15, -0.1) is 11.6 Å². The summed E-state index contributed by atoms with van der Waals surface area (Å²) in [7, 11) is 0. The Bertz CT molecular complexity index is 2500. The number of hydrogen-bond donors (Lipinski definition) is 5. The summed E-state index contributed by atoms with van der Waals surface area (Å²) in [5, 5.41) is 9.71. The standard InChI is InChI=1S/C53H59ClF2N6O8/c1-33(2)46(60-53(68)69-32-39-13-9-6-10-14-39)50(65)58-44(28-36-17-23-41(55)24-18-36)45(70-52(67)40-21-15-37(29-54)16-22-40)31-62(30-38-19-25-42(56)26-20-38)61-51(66)47(34(3)4)59-49(64)43(48(57)63)27-35-11-7-5-8-12-35/h5-26,33-34,43-47H,27-32H2,1-4H3,(H2,57,63)(H,58,65)(H,59,64)(H,60,68)(H,61,66)/t43-,44?,45?,46-,47-/m0/s1. The quantitative estimate of drug-likeness (QED) is 0.0189. The molecule has 0 fully saturated rings. The molecule has 5 aromatic carbocycles. The van der Waals surface area contributed by atoms with E-state index in [1.165, 1.54) is 65.7 Å². The fourth-order valence-electron chi connectivity index (χ4n) is 7.39. The van der Waals surface area contributed by atoms with E-state index in [-0.39, 0.29) is 44.0 Å². The monoisotopic (exact) mass is 980 g/mol. The molecule has 0 aromatic heterocycles. The van der Waals surface area contributed by atoms with Crippen molar-refractivity contribution in [2.75, 3.05) is 6.54 Å². The van der Waals surface area contributed by atoms with Crippen LogP contribution in [-0.4, -0.2) is 71.5 Å².